The fourth-order valence-electron chi connectivity index (χ4n) is 1.62. The molecule has 1 nitrogen and oxygen atoms in total. The summed E-state index contributed by atoms with van der Waals surface area (Å²) < 4.78 is 0. The summed E-state index contributed by atoms with van der Waals surface area (Å²) in [7, 11) is 0. The van der Waals surface area contributed by atoms with Crippen LogP contribution in [0.15, 0.2) is 30.4 Å². The summed E-state index contributed by atoms with van der Waals surface area (Å²) in [6.45, 7) is 0. The molecule has 2 rings (SSSR count). The fraction of sp³-hybridized carbons (Fsp3) is 0.182. The van der Waals surface area contributed by atoms with Gasteiger partial charge in [-0.2, -0.15) is 0 Å². The lowest BCUT2D eigenvalue weighted by Gasteiger charge is -2.11. The number of rotatable bonds is 1. The first-order chi connectivity index (χ1) is 5.92. The molecule has 0 saturated heterocycles. The standard InChI is InChI=1S/C11H10O/c12-8-10-6-3-5-9-4-1-2-7-11(9)10/h1-3,5-6,8H,4,7H2. The highest BCUT2D eigenvalue weighted by Crippen LogP contribution is 2.19. The van der Waals surface area contributed by atoms with Crippen LogP contribution in [0, 0.1) is 0 Å². The van der Waals surface area contributed by atoms with Crippen LogP contribution in [0.5, 0.6) is 0 Å². The van der Waals surface area contributed by atoms with Crippen molar-refractivity contribution >= 4 is 6.29 Å². The number of carbonyl (C=O) groups excluding carboxylic acids is 1. The first-order valence-electron chi connectivity index (χ1n) is 4.13. The number of hydrogen-bond acceptors (Lipinski definition) is 1. The molecule has 0 spiro atoms. The van der Waals surface area contributed by atoms with Gasteiger partial charge in [0, 0.05) is 5.56 Å². The van der Waals surface area contributed by atoms with Gasteiger partial charge in [0.1, 0.15) is 6.29 Å². The molecule has 0 amide bonds. The van der Waals surface area contributed by atoms with E-state index in [0.717, 1.165) is 24.7 Å². The van der Waals surface area contributed by atoms with E-state index < -0.39 is 0 Å². The van der Waals surface area contributed by atoms with Crippen LogP contribution in [0.1, 0.15) is 21.5 Å². The second kappa shape index (κ2) is 2.94. The van der Waals surface area contributed by atoms with Gasteiger partial charge in [0.25, 0.3) is 0 Å². The molecule has 1 heteroatoms. The molecule has 0 aromatic heterocycles. The fourth-order valence-corrected chi connectivity index (χ4v) is 1.62. The molecule has 0 saturated carbocycles. The summed E-state index contributed by atoms with van der Waals surface area (Å²) in [5.74, 6) is 0. The summed E-state index contributed by atoms with van der Waals surface area (Å²) >= 11 is 0. The zero-order valence-electron chi connectivity index (χ0n) is 6.79. The summed E-state index contributed by atoms with van der Waals surface area (Å²) in [5, 5.41) is 0. The summed E-state index contributed by atoms with van der Waals surface area (Å²) in [6.07, 6.45) is 7.09. The van der Waals surface area contributed by atoms with Gasteiger partial charge >= 0.3 is 0 Å². The Hall–Kier alpha value is -1.37. The number of carbonyl (C=O) groups is 1. The lowest BCUT2D eigenvalue weighted by atomic mass is 9.93. The quantitative estimate of drug-likeness (QED) is 0.452. The molecule has 1 aromatic rings. The molecule has 0 heterocycles. The molecule has 0 radical (unpaired) electrons. The third-order valence-electron chi connectivity index (χ3n) is 2.26. The Bertz CT molecular complexity index is 337. The van der Waals surface area contributed by atoms with Crippen molar-refractivity contribution in [2.45, 2.75) is 12.8 Å². The molecular weight excluding hydrogens is 148 g/mol. The summed E-state index contributed by atoms with van der Waals surface area (Å²) in [6, 6.07) is 5.92. The number of allylic oxidation sites excluding steroid dienone is 2. The third-order valence-corrected chi connectivity index (χ3v) is 2.26. The van der Waals surface area contributed by atoms with Crippen LogP contribution < -0.4 is 0 Å². The minimum atomic E-state index is 0.844. The lowest BCUT2D eigenvalue weighted by molar-refractivity contribution is 0.112. The Morgan fingerprint density at radius 1 is 1.17 bits per heavy atom. The van der Waals surface area contributed by atoms with Crippen molar-refractivity contribution in [3.63, 3.8) is 0 Å². The van der Waals surface area contributed by atoms with Crippen LogP contribution in [0.2, 0.25) is 0 Å². The zero-order chi connectivity index (χ0) is 8.39. The van der Waals surface area contributed by atoms with E-state index in [1.807, 2.05) is 12.1 Å². The number of benzene rings is 1. The second-order valence-corrected chi connectivity index (χ2v) is 2.98. The van der Waals surface area contributed by atoms with Crippen LogP contribution in [0.3, 0.4) is 0 Å². The van der Waals surface area contributed by atoms with Crippen molar-refractivity contribution < 1.29 is 4.79 Å². The van der Waals surface area contributed by atoms with Crippen molar-refractivity contribution in [2.75, 3.05) is 0 Å². The smallest absolute Gasteiger partial charge is 0.150 e. The summed E-state index contributed by atoms with van der Waals surface area (Å²) in [5.41, 5.74) is 3.34. The topological polar surface area (TPSA) is 17.1 Å². The van der Waals surface area contributed by atoms with Gasteiger partial charge < -0.3 is 0 Å². The highest BCUT2D eigenvalue weighted by molar-refractivity contribution is 5.78. The van der Waals surface area contributed by atoms with Crippen molar-refractivity contribution in [1.82, 2.24) is 0 Å². The van der Waals surface area contributed by atoms with E-state index >= 15 is 0 Å². The normalized spacial score (nSPS) is 14.0. The van der Waals surface area contributed by atoms with E-state index in [9.17, 15) is 4.79 Å². The van der Waals surface area contributed by atoms with Crippen molar-refractivity contribution in [2.24, 2.45) is 0 Å². The van der Waals surface area contributed by atoms with Gasteiger partial charge in [0.15, 0.2) is 0 Å². The molecule has 1 aliphatic rings. The van der Waals surface area contributed by atoms with Crippen LogP contribution in [-0.4, -0.2) is 6.29 Å². The van der Waals surface area contributed by atoms with Gasteiger partial charge in [0.05, 0.1) is 0 Å². The highest BCUT2D eigenvalue weighted by atomic mass is 16.1. The minimum Gasteiger partial charge on any atom is -0.298 e. The Morgan fingerprint density at radius 3 is 2.83 bits per heavy atom. The highest BCUT2D eigenvalue weighted by Gasteiger charge is 2.07. The van der Waals surface area contributed by atoms with Crippen molar-refractivity contribution in [1.29, 1.82) is 0 Å². The first kappa shape index (κ1) is 7.29. The molecule has 1 aromatic carbocycles. The van der Waals surface area contributed by atoms with E-state index in [1.165, 1.54) is 11.1 Å². The predicted molar refractivity (Wildman–Crippen MR) is 48.4 cm³/mol. The van der Waals surface area contributed by atoms with Gasteiger partial charge in [-0.25, -0.2) is 0 Å². The van der Waals surface area contributed by atoms with E-state index in [-0.39, 0.29) is 0 Å². The van der Waals surface area contributed by atoms with Crippen LogP contribution in [0.25, 0.3) is 0 Å². The van der Waals surface area contributed by atoms with Crippen LogP contribution in [0.4, 0.5) is 0 Å². The SMILES string of the molecule is O=Cc1cccc2c1CC=CC2. The first-order valence-corrected chi connectivity index (χ1v) is 4.13. The molecular formula is C11H10O. The van der Waals surface area contributed by atoms with E-state index in [0.29, 0.717) is 0 Å². The van der Waals surface area contributed by atoms with Gasteiger partial charge in [-0.1, -0.05) is 30.4 Å². The van der Waals surface area contributed by atoms with E-state index in [4.69, 9.17) is 0 Å². The van der Waals surface area contributed by atoms with Gasteiger partial charge in [0.2, 0.25) is 0 Å². The maximum absolute atomic E-state index is 10.7. The minimum absolute atomic E-state index is 0.844. The third kappa shape index (κ3) is 1.07. The average molecular weight is 158 g/mol. The number of aldehydes is 1. The molecule has 12 heavy (non-hydrogen) atoms. The largest absolute Gasteiger partial charge is 0.298 e. The maximum atomic E-state index is 10.7. The Kier molecular flexibility index (Phi) is 1.78. The predicted octanol–water partition coefficient (Wildman–Crippen LogP) is 2.15. The van der Waals surface area contributed by atoms with Crippen LogP contribution >= 0.6 is 0 Å². The number of hydrogen-bond donors (Lipinski definition) is 0. The molecule has 0 N–H and O–H groups in total. The lowest BCUT2D eigenvalue weighted by Crippen LogP contribution is -2.01. The number of fused-ring (bicyclic) bond motifs is 1. The average Bonchev–Trinajstić information content (AvgIpc) is 2.17. The van der Waals surface area contributed by atoms with Gasteiger partial charge in [-0.3, -0.25) is 4.79 Å². The van der Waals surface area contributed by atoms with Crippen molar-refractivity contribution in [3.8, 4) is 0 Å². The summed E-state index contributed by atoms with van der Waals surface area (Å²) in [4.78, 5) is 10.7. The Balaban J connectivity index is 2.55. The maximum Gasteiger partial charge on any atom is 0.150 e. The van der Waals surface area contributed by atoms with E-state index in [1.54, 1.807) is 0 Å². The van der Waals surface area contributed by atoms with Crippen LogP contribution in [-0.2, 0) is 12.8 Å². The zero-order valence-corrected chi connectivity index (χ0v) is 6.79. The van der Waals surface area contributed by atoms with Gasteiger partial charge in [-0.05, 0) is 24.0 Å². The molecule has 60 valence electrons. The Morgan fingerprint density at radius 2 is 2.00 bits per heavy atom. The molecule has 0 atom stereocenters. The molecule has 0 bridgehead atoms. The molecule has 0 fully saturated rings. The second-order valence-electron chi connectivity index (χ2n) is 2.98. The molecule has 0 unspecified atom stereocenters. The van der Waals surface area contributed by atoms with Gasteiger partial charge in [-0.15, -0.1) is 0 Å². The van der Waals surface area contributed by atoms with E-state index in [2.05, 4.69) is 18.2 Å². The van der Waals surface area contributed by atoms with Crippen molar-refractivity contribution in [3.05, 3.63) is 47.0 Å². The molecule has 1 aliphatic carbocycles. The molecule has 0 aliphatic heterocycles. The Labute approximate surface area is 71.7 Å². The monoisotopic (exact) mass is 158 g/mol.